The highest BCUT2D eigenvalue weighted by Crippen LogP contribution is 2.27. The Kier molecular flexibility index (Phi) is 5.04. The summed E-state index contributed by atoms with van der Waals surface area (Å²) in [6.45, 7) is 6.22. The molecule has 2 nitrogen and oxygen atoms in total. The number of thioether (sulfide) groups is 1. The van der Waals surface area contributed by atoms with E-state index in [2.05, 4.69) is 24.2 Å². The maximum atomic E-state index is 6.14. The Balaban J connectivity index is 1.82. The second-order valence-corrected chi connectivity index (χ2v) is 7.29. The zero-order valence-corrected chi connectivity index (χ0v) is 13.5. The summed E-state index contributed by atoms with van der Waals surface area (Å²) in [5.74, 6) is 1.11. The lowest BCUT2D eigenvalue weighted by atomic mass is 9.97. The summed E-state index contributed by atoms with van der Waals surface area (Å²) in [7, 11) is 0. The molecule has 1 aliphatic heterocycles. The van der Waals surface area contributed by atoms with E-state index in [0.29, 0.717) is 10.4 Å². The van der Waals surface area contributed by atoms with Crippen LogP contribution in [0, 0.1) is 5.41 Å². The highest BCUT2D eigenvalue weighted by Gasteiger charge is 2.23. The van der Waals surface area contributed by atoms with Gasteiger partial charge in [0.15, 0.2) is 5.17 Å². The molecule has 1 N–H and O–H groups in total. The molecular weight excluding hydrogens is 299 g/mol. The molecule has 1 heterocycles. The molecule has 0 atom stereocenters. The zero-order chi connectivity index (χ0) is 13.9. The number of hydrogen-bond donors (Lipinski definition) is 1. The highest BCUT2D eigenvalue weighted by atomic mass is 35.5. The number of rotatable bonds is 3. The Bertz CT molecular complexity index is 486. The van der Waals surface area contributed by atoms with Crippen molar-refractivity contribution < 1.29 is 0 Å². The van der Waals surface area contributed by atoms with Crippen molar-refractivity contribution >= 4 is 40.1 Å². The van der Waals surface area contributed by atoms with Gasteiger partial charge >= 0.3 is 0 Å². The van der Waals surface area contributed by atoms with E-state index in [0.717, 1.165) is 41.0 Å². The third-order valence-corrected chi connectivity index (χ3v) is 5.00. The molecule has 0 saturated heterocycles. The van der Waals surface area contributed by atoms with Gasteiger partial charge in [0.1, 0.15) is 0 Å². The second-order valence-electron chi connectivity index (χ2n) is 5.49. The minimum Gasteiger partial charge on any atom is -0.365 e. The first-order valence-electron chi connectivity index (χ1n) is 6.31. The fraction of sp³-hybridized carbons (Fsp3) is 0.500. The van der Waals surface area contributed by atoms with Crippen LogP contribution >= 0.6 is 35.0 Å². The predicted molar refractivity (Wildman–Crippen MR) is 86.7 cm³/mol. The van der Waals surface area contributed by atoms with E-state index >= 15 is 0 Å². The van der Waals surface area contributed by atoms with Gasteiger partial charge in [-0.3, -0.25) is 4.99 Å². The first-order chi connectivity index (χ1) is 8.96. The predicted octanol–water partition coefficient (Wildman–Crippen LogP) is 4.25. The number of halogens is 2. The average Bonchev–Trinajstić information content (AvgIpc) is 2.34. The van der Waals surface area contributed by atoms with Crippen molar-refractivity contribution in [3.8, 4) is 0 Å². The van der Waals surface area contributed by atoms with Crippen molar-refractivity contribution in [1.82, 2.24) is 5.32 Å². The smallest absolute Gasteiger partial charge is 0.156 e. The van der Waals surface area contributed by atoms with Crippen molar-refractivity contribution in [2.75, 3.05) is 18.8 Å². The Morgan fingerprint density at radius 3 is 2.79 bits per heavy atom. The molecular formula is C14H18Cl2N2S. The quantitative estimate of drug-likeness (QED) is 0.901. The van der Waals surface area contributed by atoms with Crippen LogP contribution in [0.1, 0.15) is 19.4 Å². The summed E-state index contributed by atoms with van der Waals surface area (Å²) in [6, 6.07) is 5.64. The molecule has 0 aliphatic carbocycles. The minimum absolute atomic E-state index is 0.315. The van der Waals surface area contributed by atoms with Crippen molar-refractivity contribution in [1.29, 1.82) is 0 Å². The van der Waals surface area contributed by atoms with E-state index in [1.165, 1.54) is 0 Å². The summed E-state index contributed by atoms with van der Waals surface area (Å²) in [4.78, 5) is 4.56. The van der Waals surface area contributed by atoms with Gasteiger partial charge in [-0.15, -0.1) is 0 Å². The number of aliphatic imine (C=N–C) groups is 1. The van der Waals surface area contributed by atoms with E-state index in [4.69, 9.17) is 23.2 Å². The van der Waals surface area contributed by atoms with Crippen LogP contribution in [0.3, 0.4) is 0 Å². The fourth-order valence-corrected chi connectivity index (χ4v) is 3.26. The average molecular weight is 317 g/mol. The summed E-state index contributed by atoms with van der Waals surface area (Å²) < 4.78 is 0. The Labute approximate surface area is 129 Å². The third kappa shape index (κ3) is 4.59. The molecule has 0 aromatic heterocycles. The Morgan fingerprint density at radius 1 is 1.37 bits per heavy atom. The molecule has 1 aromatic rings. The molecule has 0 saturated carbocycles. The summed E-state index contributed by atoms with van der Waals surface area (Å²) in [5, 5.41) is 5.82. The van der Waals surface area contributed by atoms with Gasteiger partial charge in [-0.2, -0.15) is 0 Å². The SMILES string of the molecule is CC1(C)CN=C(NCCc2ccc(Cl)cc2Cl)SC1. The van der Waals surface area contributed by atoms with Gasteiger partial charge in [0, 0.05) is 28.9 Å². The lowest BCUT2D eigenvalue weighted by Gasteiger charge is -2.27. The lowest BCUT2D eigenvalue weighted by Crippen LogP contribution is -2.32. The van der Waals surface area contributed by atoms with Gasteiger partial charge < -0.3 is 5.32 Å². The molecule has 1 aromatic carbocycles. The van der Waals surface area contributed by atoms with Crippen molar-refractivity contribution in [2.24, 2.45) is 10.4 Å². The second kappa shape index (κ2) is 6.38. The monoisotopic (exact) mass is 316 g/mol. The Morgan fingerprint density at radius 2 is 2.16 bits per heavy atom. The molecule has 5 heteroatoms. The summed E-state index contributed by atoms with van der Waals surface area (Å²) in [5.41, 5.74) is 1.43. The maximum absolute atomic E-state index is 6.14. The third-order valence-electron chi connectivity index (χ3n) is 2.94. The van der Waals surface area contributed by atoms with Crippen molar-refractivity contribution in [3.63, 3.8) is 0 Å². The molecule has 2 rings (SSSR count). The fourth-order valence-electron chi connectivity index (χ4n) is 1.78. The topological polar surface area (TPSA) is 24.4 Å². The van der Waals surface area contributed by atoms with E-state index in [-0.39, 0.29) is 0 Å². The van der Waals surface area contributed by atoms with Gasteiger partial charge in [-0.05, 0) is 29.5 Å². The molecule has 0 bridgehead atoms. The van der Waals surface area contributed by atoms with Crippen LogP contribution in [0.4, 0.5) is 0 Å². The number of nitrogens with one attached hydrogen (secondary N) is 1. The van der Waals surface area contributed by atoms with Crippen LogP contribution in [0.25, 0.3) is 0 Å². The van der Waals surface area contributed by atoms with Crippen molar-refractivity contribution in [2.45, 2.75) is 20.3 Å². The molecule has 0 unspecified atom stereocenters. The first-order valence-corrected chi connectivity index (χ1v) is 8.05. The standard InChI is InChI=1S/C14H18Cl2N2S/c1-14(2)8-18-13(19-9-14)17-6-5-10-3-4-11(15)7-12(10)16/h3-4,7H,5-6,8-9H2,1-2H3,(H,17,18). The largest absolute Gasteiger partial charge is 0.365 e. The van der Waals surface area contributed by atoms with E-state index in [1.54, 1.807) is 17.8 Å². The van der Waals surface area contributed by atoms with Gasteiger partial charge in [0.05, 0.1) is 0 Å². The van der Waals surface area contributed by atoms with Crippen LogP contribution in [-0.2, 0) is 6.42 Å². The number of nitrogens with zero attached hydrogens (tertiary/aromatic N) is 1. The molecule has 0 amide bonds. The molecule has 0 fully saturated rings. The van der Waals surface area contributed by atoms with Crippen molar-refractivity contribution in [3.05, 3.63) is 33.8 Å². The van der Waals surface area contributed by atoms with Crippen LogP contribution in [0.15, 0.2) is 23.2 Å². The van der Waals surface area contributed by atoms with E-state index in [1.807, 2.05) is 12.1 Å². The van der Waals surface area contributed by atoms with Gasteiger partial charge in [0.2, 0.25) is 0 Å². The maximum Gasteiger partial charge on any atom is 0.156 e. The van der Waals surface area contributed by atoms with Gasteiger partial charge in [0.25, 0.3) is 0 Å². The van der Waals surface area contributed by atoms with E-state index in [9.17, 15) is 0 Å². The molecule has 19 heavy (non-hydrogen) atoms. The lowest BCUT2D eigenvalue weighted by molar-refractivity contribution is 0.437. The molecule has 0 spiro atoms. The molecule has 1 aliphatic rings. The minimum atomic E-state index is 0.315. The van der Waals surface area contributed by atoms with Crippen LogP contribution in [-0.4, -0.2) is 24.0 Å². The Hall–Kier alpha value is -0.380. The summed E-state index contributed by atoms with van der Waals surface area (Å²) in [6.07, 6.45) is 0.874. The van der Waals surface area contributed by atoms with Gasteiger partial charge in [-0.25, -0.2) is 0 Å². The summed E-state index contributed by atoms with van der Waals surface area (Å²) >= 11 is 13.8. The number of benzene rings is 1. The number of amidine groups is 1. The first kappa shape index (κ1) is 15.0. The van der Waals surface area contributed by atoms with Gasteiger partial charge in [-0.1, -0.05) is 54.9 Å². The number of hydrogen-bond acceptors (Lipinski definition) is 3. The van der Waals surface area contributed by atoms with Crippen LogP contribution in [0.2, 0.25) is 10.0 Å². The normalized spacial score (nSPS) is 18.0. The highest BCUT2D eigenvalue weighted by molar-refractivity contribution is 8.13. The molecule has 104 valence electrons. The van der Waals surface area contributed by atoms with Crippen LogP contribution < -0.4 is 5.32 Å². The molecule has 0 radical (unpaired) electrons. The van der Waals surface area contributed by atoms with Crippen LogP contribution in [0.5, 0.6) is 0 Å². The zero-order valence-electron chi connectivity index (χ0n) is 11.2. The van der Waals surface area contributed by atoms with E-state index < -0.39 is 0 Å².